The van der Waals surface area contributed by atoms with Gasteiger partial charge in [0.25, 0.3) is 0 Å². The minimum Gasteiger partial charge on any atom is -0.312 e. The van der Waals surface area contributed by atoms with E-state index in [1.807, 2.05) is 23.1 Å². The van der Waals surface area contributed by atoms with Gasteiger partial charge in [-0.3, -0.25) is 15.5 Å². The topological polar surface area (TPSA) is 56.2 Å². The highest BCUT2D eigenvalue weighted by Crippen LogP contribution is 2.60. The minimum atomic E-state index is -0.180. The van der Waals surface area contributed by atoms with Crippen LogP contribution in [0.15, 0.2) is 24.3 Å². The number of nitrogens with zero attached hydrogens (tertiary/aromatic N) is 1. The largest absolute Gasteiger partial charge is 0.312 e. The summed E-state index contributed by atoms with van der Waals surface area (Å²) < 4.78 is 0. The number of hydrogen-bond donors (Lipinski definition) is 2. The number of amides is 1. The Labute approximate surface area is 143 Å². The van der Waals surface area contributed by atoms with Gasteiger partial charge in [0.1, 0.15) is 0 Å². The second kappa shape index (κ2) is 5.08. The zero-order valence-electron chi connectivity index (χ0n) is 14.1. The van der Waals surface area contributed by atoms with Gasteiger partial charge >= 0.3 is 0 Å². The van der Waals surface area contributed by atoms with E-state index >= 15 is 0 Å². The molecule has 0 spiro atoms. The summed E-state index contributed by atoms with van der Waals surface area (Å²) >= 11 is 0. The standard InChI is InChI=1S/C20H25N3O/c21-19(23-6-5-16-3-1-2-4-17(16)23)22-18(24)20-10-13-7-14(11-20)9-15(8-13)12-20/h1-4,13-15H,5-12H2,(H2,21,22,24). The molecule has 4 nitrogen and oxygen atoms in total. The Morgan fingerprint density at radius 1 is 1.08 bits per heavy atom. The third-order valence-corrected chi connectivity index (χ3v) is 6.91. The number of hydrogen-bond acceptors (Lipinski definition) is 2. The highest BCUT2D eigenvalue weighted by molar-refractivity contribution is 6.06. The predicted molar refractivity (Wildman–Crippen MR) is 94.0 cm³/mol. The third-order valence-electron chi connectivity index (χ3n) is 6.91. The van der Waals surface area contributed by atoms with Gasteiger partial charge in [-0.25, -0.2) is 0 Å². The van der Waals surface area contributed by atoms with Crippen molar-refractivity contribution in [3.63, 3.8) is 0 Å². The van der Waals surface area contributed by atoms with Crippen molar-refractivity contribution in [2.24, 2.45) is 23.2 Å². The number of para-hydroxylation sites is 1. The first-order valence-corrected chi connectivity index (χ1v) is 9.38. The number of nitrogens with one attached hydrogen (secondary N) is 2. The van der Waals surface area contributed by atoms with Crippen molar-refractivity contribution in [2.45, 2.75) is 44.9 Å². The van der Waals surface area contributed by atoms with Gasteiger partial charge < -0.3 is 4.90 Å². The summed E-state index contributed by atoms with van der Waals surface area (Å²) in [6, 6.07) is 8.21. The number of guanidine groups is 1. The molecule has 6 rings (SSSR count). The maximum Gasteiger partial charge on any atom is 0.232 e. The van der Waals surface area contributed by atoms with Crippen LogP contribution < -0.4 is 10.2 Å². The molecule has 24 heavy (non-hydrogen) atoms. The molecule has 4 bridgehead atoms. The van der Waals surface area contributed by atoms with Crippen molar-refractivity contribution in [1.29, 1.82) is 5.41 Å². The molecule has 4 saturated carbocycles. The van der Waals surface area contributed by atoms with Crippen molar-refractivity contribution >= 4 is 17.6 Å². The summed E-state index contributed by atoms with van der Waals surface area (Å²) in [4.78, 5) is 15.0. The lowest BCUT2D eigenvalue weighted by atomic mass is 9.49. The molecular weight excluding hydrogens is 298 g/mol. The lowest BCUT2D eigenvalue weighted by Crippen LogP contribution is -2.56. The highest BCUT2D eigenvalue weighted by atomic mass is 16.2. The molecule has 1 aromatic carbocycles. The first-order valence-electron chi connectivity index (χ1n) is 9.38. The zero-order chi connectivity index (χ0) is 16.3. The molecule has 1 amide bonds. The summed E-state index contributed by atoms with van der Waals surface area (Å²) in [6.07, 6.45) is 8.11. The summed E-state index contributed by atoms with van der Waals surface area (Å²) in [7, 11) is 0. The smallest absolute Gasteiger partial charge is 0.232 e. The van der Waals surface area contributed by atoms with Gasteiger partial charge in [-0.15, -0.1) is 0 Å². The molecule has 1 aliphatic heterocycles. The van der Waals surface area contributed by atoms with Crippen LogP contribution >= 0.6 is 0 Å². The highest BCUT2D eigenvalue weighted by Gasteiger charge is 2.54. The molecule has 0 unspecified atom stereocenters. The molecule has 0 radical (unpaired) electrons. The lowest BCUT2D eigenvalue weighted by Gasteiger charge is -2.55. The molecule has 4 aliphatic carbocycles. The van der Waals surface area contributed by atoms with E-state index < -0.39 is 0 Å². The van der Waals surface area contributed by atoms with Crippen molar-refractivity contribution in [3.05, 3.63) is 29.8 Å². The fourth-order valence-corrected chi connectivity index (χ4v) is 6.27. The first kappa shape index (κ1) is 14.5. The summed E-state index contributed by atoms with van der Waals surface area (Å²) in [5.74, 6) is 2.65. The van der Waals surface area contributed by atoms with Crippen molar-refractivity contribution in [2.75, 3.05) is 11.4 Å². The van der Waals surface area contributed by atoms with E-state index in [1.165, 1.54) is 24.8 Å². The predicted octanol–water partition coefficient (Wildman–Crippen LogP) is 3.32. The van der Waals surface area contributed by atoms with Crippen LogP contribution in [0.3, 0.4) is 0 Å². The van der Waals surface area contributed by atoms with Crippen LogP contribution in [0.4, 0.5) is 5.69 Å². The van der Waals surface area contributed by atoms with Crippen LogP contribution in [0.5, 0.6) is 0 Å². The number of benzene rings is 1. The molecule has 5 aliphatic rings. The molecule has 1 heterocycles. The van der Waals surface area contributed by atoms with E-state index in [-0.39, 0.29) is 17.3 Å². The zero-order valence-corrected chi connectivity index (χ0v) is 14.1. The van der Waals surface area contributed by atoms with E-state index in [9.17, 15) is 4.79 Å². The van der Waals surface area contributed by atoms with Gasteiger partial charge in [-0.2, -0.15) is 0 Å². The molecule has 0 atom stereocenters. The van der Waals surface area contributed by atoms with Crippen LogP contribution in [-0.2, 0) is 11.2 Å². The Bertz CT molecular complexity index is 675. The Morgan fingerprint density at radius 2 is 1.71 bits per heavy atom. The number of rotatable bonds is 1. The fourth-order valence-electron chi connectivity index (χ4n) is 6.27. The van der Waals surface area contributed by atoms with Gasteiger partial charge in [-0.05, 0) is 74.3 Å². The summed E-state index contributed by atoms with van der Waals surface area (Å²) in [5.41, 5.74) is 2.17. The van der Waals surface area contributed by atoms with Crippen LogP contribution in [0.2, 0.25) is 0 Å². The lowest BCUT2D eigenvalue weighted by molar-refractivity contribution is -0.144. The Balaban J connectivity index is 1.33. The van der Waals surface area contributed by atoms with Gasteiger partial charge in [0.2, 0.25) is 11.9 Å². The van der Waals surface area contributed by atoms with E-state index in [2.05, 4.69) is 11.4 Å². The summed E-state index contributed by atoms with van der Waals surface area (Å²) in [5, 5.41) is 11.4. The minimum absolute atomic E-state index is 0.121. The van der Waals surface area contributed by atoms with Crippen LogP contribution in [0.25, 0.3) is 0 Å². The van der Waals surface area contributed by atoms with Gasteiger partial charge in [0, 0.05) is 12.2 Å². The molecule has 0 saturated heterocycles. The van der Waals surface area contributed by atoms with Crippen LogP contribution in [-0.4, -0.2) is 18.4 Å². The Hall–Kier alpha value is -1.84. The molecule has 4 fully saturated rings. The summed E-state index contributed by atoms with van der Waals surface area (Å²) in [6.45, 7) is 0.791. The van der Waals surface area contributed by atoms with Gasteiger partial charge in [-0.1, -0.05) is 18.2 Å². The Morgan fingerprint density at radius 3 is 2.38 bits per heavy atom. The maximum atomic E-state index is 13.1. The molecule has 2 N–H and O–H groups in total. The van der Waals surface area contributed by atoms with Gasteiger partial charge in [0.05, 0.1) is 5.41 Å². The number of anilines is 1. The van der Waals surface area contributed by atoms with Gasteiger partial charge in [0.15, 0.2) is 0 Å². The van der Waals surface area contributed by atoms with E-state index in [0.717, 1.165) is 55.7 Å². The molecular formula is C20H25N3O. The SMILES string of the molecule is N=C(NC(=O)C12CC3CC(CC(C3)C1)C2)N1CCc2ccccc21. The molecule has 0 aromatic heterocycles. The molecule has 1 aromatic rings. The third kappa shape index (κ3) is 2.11. The van der Waals surface area contributed by atoms with Crippen molar-refractivity contribution in [1.82, 2.24) is 5.32 Å². The maximum absolute atomic E-state index is 13.1. The second-order valence-electron chi connectivity index (χ2n) is 8.53. The van der Waals surface area contributed by atoms with Crippen LogP contribution in [0, 0.1) is 28.6 Å². The van der Waals surface area contributed by atoms with Crippen LogP contribution in [0.1, 0.15) is 44.1 Å². The number of fused-ring (bicyclic) bond motifs is 1. The number of carbonyl (C=O) groups is 1. The average molecular weight is 323 g/mol. The van der Waals surface area contributed by atoms with E-state index in [1.54, 1.807) is 0 Å². The van der Waals surface area contributed by atoms with Crippen molar-refractivity contribution < 1.29 is 4.79 Å². The normalized spacial score (nSPS) is 35.8. The van der Waals surface area contributed by atoms with E-state index in [4.69, 9.17) is 5.41 Å². The quantitative estimate of drug-likeness (QED) is 0.615. The monoisotopic (exact) mass is 323 g/mol. The first-order chi connectivity index (χ1) is 11.6. The Kier molecular flexibility index (Phi) is 3.07. The number of carbonyl (C=O) groups excluding carboxylic acids is 1. The van der Waals surface area contributed by atoms with E-state index in [0.29, 0.717) is 0 Å². The molecule has 4 heteroatoms. The second-order valence-corrected chi connectivity index (χ2v) is 8.53. The fraction of sp³-hybridized carbons (Fsp3) is 0.600. The average Bonchev–Trinajstić information content (AvgIpc) is 2.97. The molecule has 126 valence electrons. The van der Waals surface area contributed by atoms with Crippen molar-refractivity contribution in [3.8, 4) is 0 Å².